The molecule has 126 valence electrons. The molecule has 0 bridgehead atoms. The summed E-state index contributed by atoms with van der Waals surface area (Å²) >= 11 is 0. The smallest absolute Gasteiger partial charge is 0.160 e. The topological polar surface area (TPSA) is 23.6 Å². The van der Waals surface area contributed by atoms with E-state index in [-0.39, 0.29) is 5.78 Å². The van der Waals surface area contributed by atoms with E-state index in [0.717, 1.165) is 36.3 Å². The fourth-order valence-electron chi connectivity index (χ4n) is 3.35. The Morgan fingerprint density at radius 1 is 0.958 bits per heavy atom. The number of rotatable bonds is 4. The van der Waals surface area contributed by atoms with Crippen molar-refractivity contribution in [1.82, 2.24) is 9.80 Å². The molecule has 0 amide bonds. The third-order valence-electron chi connectivity index (χ3n) is 4.79. The molecule has 0 aliphatic carbocycles. The fraction of sp³-hybridized carbons (Fsp3) is 0.381. The van der Waals surface area contributed by atoms with Gasteiger partial charge in [0, 0.05) is 25.2 Å². The Kier molecular flexibility index (Phi) is 5.44. The van der Waals surface area contributed by atoms with Crippen molar-refractivity contribution in [3.63, 3.8) is 0 Å². The summed E-state index contributed by atoms with van der Waals surface area (Å²) in [4.78, 5) is 16.8. The van der Waals surface area contributed by atoms with Crippen LogP contribution in [0.2, 0.25) is 0 Å². The summed E-state index contributed by atoms with van der Waals surface area (Å²) in [6, 6.07) is 16.5. The molecule has 0 saturated carbocycles. The van der Waals surface area contributed by atoms with Crippen LogP contribution in [0.5, 0.6) is 0 Å². The molecule has 24 heavy (non-hydrogen) atoms. The van der Waals surface area contributed by atoms with Crippen molar-refractivity contribution in [1.29, 1.82) is 0 Å². The maximum Gasteiger partial charge on any atom is 0.160 e. The lowest BCUT2D eigenvalue weighted by Gasteiger charge is -2.20. The highest BCUT2D eigenvalue weighted by Gasteiger charge is 2.13. The number of carbonyl (C=O) groups is 1. The molecule has 0 aromatic heterocycles. The highest BCUT2D eigenvalue weighted by Crippen LogP contribution is 2.24. The second-order valence-electron chi connectivity index (χ2n) is 6.73. The van der Waals surface area contributed by atoms with Gasteiger partial charge in [-0.05, 0) is 50.2 Å². The average Bonchev–Trinajstić information content (AvgIpc) is 2.80. The highest BCUT2D eigenvalue weighted by atomic mass is 16.1. The molecule has 1 fully saturated rings. The standard InChI is InChI=1S/C21H26N2O/c1-17(24)20-6-3-4-7-21(20)19-10-8-18(9-11-19)16-23-13-5-12-22(2)14-15-23/h3-4,6-11H,5,12-16H2,1-2H3. The van der Waals surface area contributed by atoms with E-state index in [0.29, 0.717) is 0 Å². The fourth-order valence-corrected chi connectivity index (χ4v) is 3.35. The van der Waals surface area contributed by atoms with Crippen molar-refractivity contribution < 1.29 is 4.79 Å². The van der Waals surface area contributed by atoms with Gasteiger partial charge >= 0.3 is 0 Å². The first-order valence-corrected chi connectivity index (χ1v) is 8.73. The lowest BCUT2D eigenvalue weighted by atomic mass is 9.97. The van der Waals surface area contributed by atoms with Gasteiger partial charge in [-0.2, -0.15) is 0 Å². The third-order valence-corrected chi connectivity index (χ3v) is 4.79. The molecule has 0 spiro atoms. The predicted octanol–water partition coefficient (Wildman–Crippen LogP) is 3.69. The van der Waals surface area contributed by atoms with Gasteiger partial charge in [-0.3, -0.25) is 9.69 Å². The minimum absolute atomic E-state index is 0.114. The Morgan fingerprint density at radius 3 is 2.46 bits per heavy atom. The van der Waals surface area contributed by atoms with E-state index in [9.17, 15) is 4.79 Å². The molecule has 0 unspecified atom stereocenters. The van der Waals surface area contributed by atoms with Crippen LogP contribution in [0, 0.1) is 0 Å². The molecule has 3 nitrogen and oxygen atoms in total. The number of nitrogens with zero attached hydrogens (tertiary/aromatic N) is 2. The maximum absolute atomic E-state index is 11.8. The normalized spacial score (nSPS) is 16.8. The van der Waals surface area contributed by atoms with E-state index in [1.54, 1.807) is 6.92 Å². The molecule has 1 heterocycles. The Bertz CT molecular complexity index is 693. The van der Waals surface area contributed by atoms with Crippen LogP contribution in [-0.2, 0) is 6.54 Å². The van der Waals surface area contributed by atoms with Crippen molar-refractivity contribution in [3.05, 3.63) is 59.7 Å². The number of Topliss-reactive ketones (excluding diaryl/α,β-unsaturated/α-hetero) is 1. The van der Waals surface area contributed by atoms with Crippen LogP contribution >= 0.6 is 0 Å². The van der Waals surface area contributed by atoms with Crippen molar-refractivity contribution in [2.24, 2.45) is 0 Å². The van der Waals surface area contributed by atoms with Crippen molar-refractivity contribution in [3.8, 4) is 11.1 Å². The van der Waals surface area contributed by atoms with Crippen LogP contribution in [-0.4, -0.2) is 48.8 Å². The number of benzene rings is 2. The molecule has 0 N–H and O–H groups in total. The molecule has 1 saturated heterocycles. The molecule has 3 rings (SSSR count). The summed E-state index contributed by atoms with van der Waals surface area (Å²) < 4.78 is 0. The predicted molar refractivity (Wildman–Crippen MR) is 99.3 cm³/mol. The number of ketones is 1. The van der Waals surface area contributed by atoms with Gasteiger partial charge < -0.3 is 4.90 Å². The van der Waals surface area contributed by atoms with Crippen LogP contribution in [0.15, 0.2) is 48.5 Å². The van der Waals surface area contributed by atoms with E-state index in [4.69, 9.17) is 0 Å². The SMILES string of the molecule is CC(=O)c1ccccc1-c1ccc(CN2CCCN(C)CC2)cc1. The van der Waals surface area contributed by atoms with Crippen LogP contribution < -0.4 is 0 Å². The summed E-state index contributed by atoms with van der Waals surface area (Å²) in [5.74, 6) is 0.114. The Labute approximate surface area is 144 Å². The maximum atomic E-state index is 11.8. The molecule has 1 aliphatic heterocycles. The molecule has 0 radical (unpaired) electrons. The summed E-state index contributed by atoms with van der Waals surface area (Å²) in [6.07, 6.45) is 1.24. The lowest BCUT2D eigenvalue weighted by molar-refractivity contribution is 0.101. The van der Waals surface area contributed by atoms with Crippen LogP contribution in [0.3, 0.4) is 0 Å². The number of likely N-dealkylation sites (N-methyl/N-ethyl adjacent to an activating group) is 1. The van der Waals surface area contributed by atoms with Crippen molar-refractivity contribution in [2.45, 2.75) is 19.9 Å². The van der Waals surface area contributed by atoms with Gasteiger partial charge in [0.2, 0.25) is 0 Å². The quantitative estimate of drug-likeness (QED) is 0.802. The molecule has 2 aromatic carbocycles. The summed E-state index contributed by atoms with van der Waals surface area (Å²) in [6.45, 7) is 7.26. The van der Waals surface area contributed by atoms with E-state index in [2.05, 4.69) is 41.1 Å². The zero-order valence-electron chi connectivity index (χ0n) is 14.7. The number of hydrogen-bond acceptors (Lipinski definition) is 3. The molecule has 2 aromatic rings. The third kappa shape index (κ3) is 4.11. The molecule has 3 heteroatoms. The molecular weight excluding hydrogens is 296 g/mol. The Hall–Kier alpha value is -1.97. The first-order chi connectivity index (χ1) is 11.6. The van der Waals surface area contributed by atoms with E-state index in [1.165, 1.54) is 25.1 Å². The van der Waals surface area contributed by atoms with Gasteiger partial charge in [-0.15, -0.1) is 0 Å². The molecule has 1 aliphatic rings. The molecular formula is C21H26N2O. The summed E-state index contributed by atoms with van der Waals surface area (Å²) in [7, 11) is 2.20. The van der Waals surface area contributed by atoms with Crippen LogP contribution in [0.25, 0.3) is 11.1 Å². The van der Waals surface area contributed by atoms with Gasteiger partial charge in [0.25, 0.3) is 0 Å². The van der Waals surface area contributed by atoms with Crippen LogP contribution in [0.4, 0.5) is 0 Å². The van der Waals surface area contributed by atoms with Gasteiger partial charge in [0.15, 0.2) is 5.78 Å². The van der Waals surface area contributed by atoms with E-state index >= 15 is 0 Å². The van der Waals surface area contributed by atoms with Crippen molar-refractivity contribution in [2.75, 3.05) is 33.2 Å². The van der Waals surface area contributed by atoms with Gasteiger partial charge in [-0.25, -0.2) is 0 Å². The van der Waals surface area contributed by atoms with Gasteiger partial charge in [0.1, 0.15) is 0 Å². The zero-order valence-corrected chi connectivity index (χ0v) is 14.7. The highest BCUT2D eigenvalue weighted by molar-refractivity contribution is 6.00. The number of carbonyl (C=O) groups excluding carboxylic acids is 1. The number of hydrogen-bond donors (Lipinski definition) is 0. The van der Waals surface area contributed by atoms with Crippen LogP contribution in [0.1, 0.15) is 29.3 Å². The van der Waals surface area contributed by atoms with Gasteiger partial charge in [-0.1, -0.05) is 48.5 Å². The largest absolute Gasteiger partial charge is 0.305 e. The van der Waals surface area contributed by atoms with E-state index in [1.807, 2.05) is 24.3 Å². The van der Waals surface area contributed by atoms with Gasteiger partial charge in [0.05, 0.1) is 0 Å². The Balaban J connectivity index is 1.73. The second-order valence-corrected chi connectivity index (χ2v) is 6.73. The van der Waals surface area contributed by atoms with Crippen molar-refractivity contribution >= 4 is 5.78 Å². The minimum atomic E-state index is 0.114. The monoisotopic (exact) mass is 322 g/mol. The first-order valence-electron chi connectivity index (χ1n) is 8.73. The average molecular weight is 322 g/mol. The minimum Gasteiger partial charge on any atom is -0.305 e. The molecule has 0 atom stereocenters. The first kappa shape index (κ1) is 16.9. The lowest BCUT2D eigenvalue weighted by Crippen LogP contribution is -2.28. The zero-order chi connectivity index (χ0) is 16.9. The Morgan fingerprint density at radius 2 is 1.71 bits per heavy atom. The summed E-state index contributed by atoms with van der Waals surface area (Å²) in [5, 5.41) is 0. The second kappa shape index (κ2) is 7.73. The summed E-state index contributed by atoms with van der Waals surface area (Å²) in [5.41, 5.74) is 4.26. The van der Waals surface area contributed by atoms with E-state index < -0.39 is 0 Å².